The number of likely N-dealkylation sites (N-methyl/N-ethyl adjacent to an activating group) is 1. The average molecular weight is 291 g/mol. The quantitative estimate of drug-likeness (QED) is 0.690. The molecule has 0 saturated carbocycles. The van der Waals surface area contributed by atoms with Crippen molar-refractivity contribution in [3.05, 3.63) is 36.4 Å². The van der Waals surface area contributed by atoms with Crippen molar-refractivity contribution < 1.29 is 14.0 Å². The average Bonchev–Trinajstić information content (AvgIpc) is 3.11. The summed E-state index contributed by atoms with van der Waals surface area (Å²) in [5.41, 5.74) is 0. The Bertz CT molecular complexity index is 577. The molecule has 0 aliphatic rings. The maximum atomic E-state index is 11.8. The zero-order chi connectivity index (χ0) is 15.2. The van der Waals surface area contributed by atoms with Crippen LogP contribution in [0.3, 0.4) is 0 Å². The van der Waals surface area contributed by atoms with Gasteiger partial charge >= 0.3 is 11.8 Å². The molecule has 0 fully saturated rings. The van der Waals surface area contributed by atoms with Gasteiger partial charge in [-0.25, -0.2) is 0 Å². The van der Waals surface area contributed by atoms with Crippen LogP contribution in [0.4, 0.5) is 5.82 Å². The Kier molecular flexibility index (Phi) is 4.72. The Morgan fingerprint density at radius 3 is 2.76 bits per heavy atom. The van der Waals surface area contributed by atoms with Crippen molar-refractivity contribution in [1.29, 1.82) is 0 Å². The fourth-order valence-corrected chi connectivity index (χ4v) is 1.79. The standard InChI is InChI=1S/C13H17N5O3/c1-18(2)9(10-4-3-7-21-10)8-14-12(19)13(20)16-11-5-6-15-17-11/h3-7,9H,8H2,1-2H3,(H,14,19)(H2,15,16,17,20). The summed E-state index contributed by atoms with van der Waals surface area (Å²) in [7, 11) is 3.73. The molecule has 2 aromatic heterocycles. The van der Waals surface area contributed by atoms with Crippen molar-refractivity contribution in [2.45, 2.75) is 6.04 Å². The van der Waals surface area contributed by atoms with Crippen LogP contribution in [0, 0.1) is 0 Å². The summed E-state index contributed by atoms with van der Waals surface area (Å²) in [6.07, 6.45) is 3.05. The van der Waals surface area contributed by atoms with E-state index in [1.54, 1.807) is 18.4 Å². The molecule has 0 bridgehead atoms. The minimum absolute atomic E-state index is 0.149. The fourth-order valence-electron chi connectivity index (χ4n) is 1.79. The molecular formula is C13H17N5O3. The van der Waals surface area contributed by atoms with E-state index in [9.17, 15) is 9.59 Å². The molecule has 21 heavy (non-hydrogen) atoms. The van der Waals surface area contributed by atoms with Crippen molar-refractivity contribution in [3.8, 4) is 0 Å². The van der Waals surface area contributed by atoms with Gasteiger partial charge in [0.2, 0.25) is 0 Å². The van der Waals surface area contributed by atoms with E-state index in [1.807, 2.05) is 25.1 Å². The number of carbonyl (C=O) groups is 2. The van der Waals surface area contributed by atoms with Gasteiger partial charge in [0.1, 0.15) is 11.6 Å². The number of carbonyl (C=O) groups excluding carboxylic acids is 2. The summed E-state index contributed by atoms with van der Waals surface area (Å²) < 4.78 is 5.33. The third-order valence-electron chi connectivity index (χ3n) is 2.91. The zero-order valence-electron chi connectivity index (χ0n) is 11.8. The molecule has 0 saturated heterocycles. The third-order valence-corrected chi connectivity index (χ3v) is 2.91. The van der Waals surface area contributed by atoms with E-state index in [-0.39, 0.29) is 12.6 Å². The second-order valence-corrected chi connectivity index (χ2v) is 4.63. The van der Waals surface area contributed by atoms with Crippen LogP contribution >= 0.6 is 0 Å². The third kappa shape index (κ3) is 3.93. The number of aromatic nitrogens is 2. The molecule has 0 spiro atoms. The van der Waals surface area contributed by atoms with Gasteiger partial charge in [0.05, 0.1) is 18.5 Å². The van der Waals surface area contributed by atoms with Gasteiger partial charge in [-0.05, 0) is 26.2 Å². The van der Waals surface area contributed by atoms with Crippen LogP contribution in [0.5, 0.6) is 0 Å². The van der Waals surface area contributed by atoms with Gasteiger partial charge in [-0.15, -0.1) is 0 Å². The van der Waals surface area contributed by atoms with E-state index in [0.29, 0.717) is 11.6 Å². The van der Waals surface area contributed by atoms with E-state index in [0.717, 1.165) is 0 Å². The van der Waals surface area contributed by atoms with Gasteiger partial charge in [-0.3, -0.25) is 19.6 Å². The topological polar surface area (TPSA) is 103 Å². The van der Waals surface area contributed by atoms with Crippen LogP contribution < -0.4 is 10.6 Å². The van der Waals surface area contributed by atoms with Crippen LogP contribution in [0.1, 0.15) is 11.8 Å². The molecule has 8 nitrogen and oxygen atoms in total. The Hall–Kier alpha value is -2.61. The number of nitrogens with one attached hydrogen (secondary N) is 3. The molecule has 2 heterocycles. The van der Waals surface area contributed by atoms with Crippen molar-refractivity contribution in [1.82, 2.24) is 20.4 Å². The van der Waals surface area contributed by atoms with Gasteiger partial charge in [0, 0.05) is 12.6 Å². The summed E-state index contributed by atoms with van der Waals surface area (Å²) in [5.74, 6) is -0.390. The summed E-state index contributed by atoms with van der Waals surface area (Å²) in [6.45, 7) is 0.260. The normalized spacial score (nSPS) is 12.1. The minimum Gasteiger partial charge on any atom is -0.468 e. The second-order valence-electron chi connectivity index (χ2n) is 4.63. The summed E-state index contributed by atoms with van der Waals surface area (Å²) in [5, 5.41) is 11.2. The van der Waals surface area contributed by atoms with E-state index in [1.165, 1.54) is 6.20 Å². The number of anilines is 1. The Morgan fingerprint density at radius 2 is 2.19 bits per heavy atom. The number of hydrogen-bond donors (Lipinski definition) is 3. The number of H-pyrrole nitrogens is 1. The highest BCUT2D eigenvalue weighted by molar-refractivity contribution is 6.39. The van der Waals surface area contributed by atoms with E-state index < -0.39 is 11.8 Å². The van der Waals surface area contributed by atoms with Crippen LogP contribution in [-0.4, -0.2) is 47.6 Å². The van der Waals surface area contributed by atoms with E-state index >= 15 is 0 Å². The predicted molar refractivity (Wildman–Crippen MR) is 75.4 cm³/mol. The number of hydrogen-bond acceptors (Lipinski definition) is 5. The number of nitrogens with zero attached hydrogens (tertiary/aromatic N) is 2. The molecule has 0 radical (unpaired) electrons. The first kappa shape index (κ1) is 14.8. The van der Waals surface area contributed by atoms with Crippen molar-refractivity contribution >= 4 is 17.6 Å². The molecule has 112 valence electrons. The summed E-state index contributed by atoms with van der Waals surface area (Å²) in [6, 6.07) is 5.00. The van der Waals surface area contributed by atoms with Crippen molar-refractivity contribution in [3.63, 3.8) is 0 Å². The Labute approximate surface area is 121 Å². The van der Waals surface area contributed by atoms with E-state index in [2.05, 4.69) is 20.8 Å². The maximum Gasteiger partial charge on any atom is 0.314 e. The Morgan fingerprint density at radius 1 is 1.38 bits per heavy atom. The molecule has 2 aromatic rings. The van der Waals surface area contributed by atoms with Gasteiger partial charge in [0.25, 0.3) is 0 Å². The second kappa shape index (κ2) is 6.71. The smallest absolute Gasteiger partial charge is 0.314 e. The highest BCUT2D eigenvalue weighted by Crippen LogP contribution is 2.17. The molecule has 8 heteroatoms. The van der Waals surface area contributed by atoms with Crippen molar-refractivity contribution in [2.75, 3.05) is 26.0 Å². The monoisotopic (exact) mass is 291 g/mol. The van der Waals surface area contributed by atoms with Gasteiger partial charge < -0.3 is 15.1 Å². The summed E-state index contributed by atoms with van der Waals surface area (Å²) in [4.78, 5) is 25.3. The first-order valence-electron chi connectivity index (χ1n) is 6.36. The number of furan rings is 1. The van der Waals surface area contributed by atoms with Crippen molar-refractivity contribution in [2.24, 2.45) is 0 Å². The molecule has 1 atom stereocenters. The van der Waals surface area contributed by atoms with Gasteiger partial charge in [-0.2, -0.15) is 5.10 Å². The highest BCUT2D eigenvalue weighted by atomic mass is 16.3. The number of aromatic amines is 1. The molecule has 3 N–H and O–H groups in total. The highest BCUT2D eigenvalue weighted by Gasteiger charge is 2.20. The molecule has 0 aliphatic heterocycles. The first-order chi connectivity index (χ1) is 10.1. The molecular weight excluding hydrogens is 274 g/mol. The molecule has 1 unspecified atom stereocenters. The SMILES string of the molecule is CN(C)C(CNC(=O)C(=O)Nc1ccn[nH]1)c1ccco1. The van der Waals surface area contributed by atoms with Crippen LogP contribution in [0.2, 0.25) is 0 Å². The van der Waals surface area contributed by atoms with Crippen LogP contribution in [-0.2, 0) is 9.59 Å². The maximum absolute atomic E-state index is 11.8. The summed E-state index contributed by atoms with van der Waals surface area (Å²) >= 11 is 0. The molecule has 2 rings (SSSR count). The lowest BCUT2D eigenvalue weighted by molar-refractivity contribution is -0.136. The number of amides is 2. The lowest BCUT2D eigenvalue weighted by atomic mass is 10.2. The fraction of sp³-hybridized carbons (Fsp3) is 0.308. The molecule has 0 aliphatic carbocycles. The first-order valence-corrected chi connectivity index (χ1v) is 6.36. The van der Waals surface area contributed by atoms with Crippen LogP contribution in [0.15, 0.2) is 35.1 Å². The predicted octanol–water partition coefficient (Wildman–Crippen LogP) is 0.360. The minimum atomic E-state index is -0.754. The largest absolute Gasteiger partial charge is 0.468 e. The van der Waals surface area contributed by atoms with Gasteiger partial charge in [0.15, 0.2) is 0 Å². The lowest BCUT2D eigenvalue weighted by Gasteiger charge is -2.22. The van der Waals surface area contributed by atoms with E-state index in [4.69, 9.17) is 4.42 Å². The van der Waals surface area contributed by atoms with Crippen LogP contribution in [0.25, 0.3) is 0 Å². The lowest BCUT2D eigenvalue weighted by Crippen LogP contribution is -2.40. The molecule has 0 aromatic carbocycles. The Balaban J connectivity index is 1.88. The number of rotatable bonds is 5. The van der Waals surface area contributed by atoms with Gasteiger partial charge in [-0.1, -0.05) is 0 Å². The molecule has 2 amide bonds. The zero-order valence-corrected chi connectivity index (χ0v) is 11.8.